The first-order valence-corrected chi connectivity index (χ1v) is 11.1. The van der Waals surface area contributed by atoms with Crippen molar-refractivity contribution in [2.75, 3.05) is 66.7 Å². The molecule has 1 atom stereocenters. The van der Waals surface area contributed by atoms with Gasteiger partial charge in [0.1, 0.15) is 11.8 Å². The molecule has 2 aliphatic rings. The van der Waals surface area contributed by atoms with E-state index in [0.717, 1.165) is 17.4 Å². The third kappa shape index (κ3) is 4.91. The van der Waals surface area contributed by atoms with E-state index in [1.54, 1.807) is 0 Å². The van der Waals surface area contributed by atoms with E-state index in [4.69, 9.17) is 14.2 Å². The third-order valence-corrected chi connectivity index (χ3v) is 7.18. The van der Waals surface area contributed by atoms with Crippen LogP contribution in [0.15, 0.2) is 29.2 Å². The fourth-order valence-electron chi connectivity index (χ4n) is 3.51. The number of methoxy groups -OCH3 is 2. The third-order valence-electron chi connectivity index (χ3n) is 5.31. The van der Waals surface area contributed by atoms with Crippen LogP contribution in [0.3, 0.4) is 0 Å². The number of sulfonamides is 1. The molecule has 2 aliphatic heterocycles. The van der Waals surface area contributed by atoms with E-state index in [2.05, 4.69) is 4.90 Å². The van der Waals surface area contributed by atoms with Crippen LogP contribution in [0.25, 0.3) is 0 Å². The maximum absolute atomic E-state index is 13.2. The number of benzene rings is 1. The number of piperazine rings is 1. The molecule has 0 aromatic heterocycles. The highest BCUT2D eigenvalue weighted by molar-refractivity contribution is 7.89. The maximum Gasteiger partial charge on any atom is 0.326 e. The molecular formula is C19H27N3O7S. The van der Waals surface area contributed by atoms with Crippen molar-refractivity contribution in [3.63, 3.8) is 0 Å². The smallest absolute Gasteiger partial charge is 0.326 e. The number of carbonyl (C=O) groups excluding carboxylic acids is 2. The average molecular weight is 442 g/mol. The Balaban J connectivity index is 1.77. The molecule has 1 amide bonds. The van der Waals surface area contributed by atoms with E-state index < -0.39 is 28.6 Å². The molecule has 0 saturated carbocycles. The number of morpholine rings is 1. The maximum atomic E-state index is 13.2. The molecule has 1 aromatic rings. The minimum atomic E-state index is -4.08. The molecule has 2 heterocycles. The van der Waals surface area contributed by atoms with Crippen molar-refractivity contribution in [1.29, 1.82) is 0 Å². The highest BCUT2D eigenvalue weighted by atomic mass is 32.2. The van der Waals surface area contributed by atoms with Gasteiger partial charge in [-0.05, 0) is 24.3 Å². The van der Waals surface area contributed by atoms with Crippen LogP contribution in [0.4, 0.5) is 0 Å². The summed E-state index contributed by atoms with van der Waals surface area (Å²) in [6, 6.07) is 4.70. The molecule has 166 valence electrons. The monoisotopic (exact) mass is 441 g/mol. The van der Waals surface area contributed by atoms with Gasteiger partial charge in [0.2, 0.25) is 15.9 Å². The van der Waals surface area contributed by atoms with E-state index in [0.29, 0.717) is 32.1 Å². The first-order valence-electron chi connectivity index (χ1n) is 9.68. The van der Waals surface area contributed by atoms with Gasteiger partial charge in [0.15, 0.2) is 0 Å². The predicted octanol–water partition coefficient (Wildman–Crippen LogP) is -0.598. The number of carbonyl (C=O) groups is 2. The zero-order valence-electron chi connectivity index (χ0n) is 17.2. The van der Waals surface area contributed by atoms with Gasteiger partial charge >= 0.3 is 5.97 Å². The van der Waals surface area contributed by atoms with E-state index in [1.165, 1.54) is 43.4 Å². The Hall–Kier alpha value is -2.21. The summed E-state index contributed by atoms with van der Waals surface area (Å²) in [6.07, 6.45) is 0. The Bertz CT molecular complexity index is 853. The second kappa shape index (κ2) is 9.73. The minimum Gasteiger partial charge on any atom is -0.497 e. The van der Waals surface area contributed by atoms with Crippen LogP contribution >= 0.6 is 0 Å². The van der Waals surface area contributed by atoms with Crippen LogP contribution in [0, 0.1) is 0 Å². The number of hydrogen-bond donors (Lipinski definition) is 0. The van der Waals surface area contributed by atoms with Gasteiger partial charge in [-0.1, -0.05) is 0 Å². The topological polar surface area (TPSA) is 106 Å². The molecule has 0 aliphatic carbocycles. The van der Waals surface area contributed by atoms with Crippen LogP contribution in [0.2, 0.25) is 0 Å². The van der Waals surface area contributed by atoms with Crippen molar-refractivity contribution < 1.29 is 32.2 Å². The molecule has 1 aromatic carbocycles. The largest absolute Gasteiger partial charge is 0.497 e. The zero-order chi connectivity index (χ0) is 21.7. The molecule has 11 heteroatoms. The van der Waals surface area contributed by atoms with E-state index in [9.17, 15) is 18.0 Å². The number of esters is 1. The van der Waals surface area contributed by atoms with Crippen LogP contribution in [0.5, 0.6) is 5.75 Å². The fourth-order valence-corrected chi connectivity index (χ4v) is 5.03. The summed E-state index contributed by atoms with van der Waals surface area (Å²) in [7, 11) is -1.40. The van der Waals surface area contributed by atoms with Gasteiger partial charge in [-0.3, -0.25) is 14.5 Å². The summed E-state index contributed by atoms with van der Waals surface area (Å²) in [5, 5.41) is 0. The second-order valence-corrected chi connectivity index (χ2v) is 8.95. The summed E-state index contributed by atoms with van der Waals surface area (Å²) in [5.41, 5.74) is 0. The molecule has 0 N–H and O–H groups in total. The lowest BCUT2D eigenvalue weighted by Crippen LogP contribution is -2.61. The van der Waals surface area contributed by atoms with Crippen LogP contribution < -0.4 is 4.74 Å². The van der Waals surface area contributed by atoms with Gasteiger partial charge in [0, 0.05) is 32.7 Å². The van der Waals surface area contributed by atoms with Crippen LogP contribution in [0.1, 0.15) is 0 Å². The van der Waals surface area contributed by atoms with Gasteiger partial charge in [0.05, 0.1) is 38.9 Å². The summed E-state index contributed by atoms with van der Waals surface area (Å²) in [5.74, 6) is -0.543. The Morgan fingerprint density at radius 1 is 1.13 bits per heavy atom. The highest BCUT2D eigenvalue weighted by Gasteiger charge is 2.44. The molecule has 3 rings (SSSR count). The van der Waals surface area contributed by atoms with Crippen molar-refractivity contribution in [1.82, 2.24) is 14.1 Å². The zero-order valence-corrected chi connectivity index (χ0v) is 18.0. The molecule has 30 heavy (non-hydrogen) atoms. The van der Waals surface area contributed by atoms with E-state index in [1.807, 2.05) is 0 Å². The summed E-state index contributed by atoms with van der Waals surface area (Å²) < 4.78 is 42.5. The van der Waals surface area contributed by atoms with Crippen molar-refractivity contribution >= 4 is 21.9 Å². The Morgan fingerprint density at radius 3 is 2.40 bits per heavy atom. The first-order chi connectivity index (χ1) is 14.4. The summed E-state index contributed by atoms with van der Waals surface area (Å²) in [6.45, 7) is 3.42. The van der Waals surface area contributed by atoms with Crippen molar-refractivity contribution in [2.45, 2.75) is 10.9 Å². The quantitative estimate of drug-likeness (QED) is 0.517. The Kier molecular flexibility index (Phi) is 7.29. The van der Waals surface area contributed by atoms with Gasteiger partial charge in [-0.15, -0.1) is 0 Å². The lowest BCUT2D eigenvalue weighted by molar-refractivity contribution is -0.151. The van der Waals surface area contributed by atoms with E-state index >= 15 is 0 Å². The molecule has 0 spiro atoms. The lowest BCUT2D eigenvalue weighted by Gasteiger charge is -2.39. The predicted molar refractivity (Wildman–Crippen MR) is 107 cm³/mol. The molecule has 1 unspecified atom stereocenters. The normalized spacial score (nSPS) is 21.5. The van der Waals surface area contributed by atoms with Gasteiger partial charge in [-0.2, -0.15) is 4.31 Å². The molecule has 0 bridgehead atoms. The van der Waals surface area contributed by atoms with Crippen molar-refractivity contribution in [2.24, 2.45) is 0 Å². The fraction of sp³-hybridized carbons (Fsp3) is 0.579. The lowest BCUT2D eigenvalue weighted by atomic mass is 10.2. The van der Waals surface area contributed by atoms with Crippen LogP contribution in [-0.4, -0.2) is 107 Å². The minimum absolute atomic E-state index is 0.0215. The Labute approximate surface area is 176 Å². The number of ether oxygens (including phenoxy) is 3. The molecular weight excluding hydrogens is 414 g/mol. The summed E-state index contributed by atoms with van der Waals surface area (Å²) in [4.78, 5) is 28.8. The SMILES string of the molecule is COC(=O)C1CN(CCN2CCOCC2)C(=O)CN1S(=O)(=O)c1ccc(OC)cc1. The van der Waals surface area contributed by atoms with Crippen LogP contribution in [-0.2, 0) is 29.1 Å². The average Bonchev–Trinajstić information content (AvgIpc) is 2.78. The van der Waals surface area contributed by atoms with E-state index in [-0.39, 0.29) is 17.3 Å². The first kappa shape index (κ1) is 22.5. The molecule has 2 saturated heterocycles. The molecule has 2 fully saturated rings. The number of nitrogens with zero attached hydrogens (tertiary/aromatic N) is 3. The second-order valence-electron chi connectivity index (χ2n) is 7.06. The van der Waals surface area contributed by atoms with Crippen molar-refractivity contribution in [3.8, 4) is 5.75 Å². The van der Waals surface area contributed by atoms with Gasteiger partial charge < -0.3 is 19.1 Å². The molecule has 0 radical (unpaired) electrons. The number of hydrogen-bond acceptors (Lipinski definition) is 8. The van der Waals surface area contributed by atoms with Gasteiger partial charge in [0.25, 0.3) is 0 Å². The Morgan fingerprint density at radius 2 is 1.80 bits per heavy atom. The van der Waals surface area contributed by atoms with Gasteiger partial charge in [-0.25, -0.2) is 8.42 Å². The number of amides is 1. The number of rotatable bonds is 7. The standard InChI is InChI=1S/C19H27N3O7S/c1-27-15-3-5-16(6-4-15)30(25,26)22-14-18(23)21(13-17(22)19(24)28-2)8-7-20-9-11-29-12-10-20/h3-6,17H,7-14H2,1-2H3. The summed E-state index contributed by atoms with van der Waals surface area (Å²) >= 11 is 0. The highest BCUT2D eigenvalue weighted by Crippen LogP contribution is 2.24. The molecule has 10 nitrogen and oxygen atoms in total. The van der Waals surface area contributed by atoms with Crippen molar-refractivity contribution in [3.05, 3.63) is 24.3 Å².